The third-order valence-electron chi connectivity index (χ3n) is 4.63. The average molecular weight is 378 g/mol. The fourth-order valence-electron chi connectivity index (χ4n) is 3.39. The van der Waals surface area contributed by atoms with Crippen molar-refractivity contribution < 1.29 is 4.74 Å². The van der Waals surface area contributed by atoms with Gasteiger partial charge in [-0.15, -0.1) is 0 Å². The highest BCUT2D eigenvalue weighted by atomic mass is 79.9. The first-order valence-corrected chi connectivity index (χ1v) is 8.82. The second-order valence-corrected chi connectivity index (χ2v) is 7.04. The van der Waals surface area contributed by atoms with Gasteiger partial charge in [-0.05, 0) is 47.7 Å². The highest BCUT2D eigenvalue weighted by molar-refractivity contribution is 9.10. The Kier molecular flexibility index (Phi) is 4.09. The maximum Gasteiger partial charge on any atom is 0.148 e. The minimum Gasteiger partial charge on any atom is -0.383 e. The van der Waals surface area contributed by atoms with Crippen LogP contribution in [0.25, 0.3) is 11.0 Å². The van der Waals surface area contributed by atoms with E-state index >= 15 is 0 Å². The van der Waals surface area contributed by atoms with Gasteiger partial charge in [0.05, 0.1) is 11.5 Å². The van der Waals surface area contributed by atoms with Crippen molar-refractivity contribution in [1.29, 1.82) is 0 Å². The van der Waals surface area contributed by atoms with Crippen LogP contribution in [0.4, 0.5) is 5.82 Å². The molecule has 1 unspecified atom stereocenters. The number of rotatable bonds is 3. The summed E-state index contributed by atoms with van der Waals surface area (Å²) in [6.07, 6.45) is 11.4. The van der Waals surface area contributed by atoms with Crippen molar-refractivity contribution in [3.63, 3.8) is 0 Å². The minimum atomic E-state index is -0.00514. The van der Waals surface area contributed by atoms with E-state index in [1.165, 1.54) is 12.7 Å². The minimum absolute atomic E-state index is 0.00514. The summed E-state index contributed by atoms with van der Waals surface area (Å²) in [6, 6.07) is 0. The maximum atomic E-state index is 6.20. The van der Waals surface area contributed by atoms with Gasteiger partial charge < -0.3 is 20.4 Å². The highest BCUT2D eigenvalue weighted by Gasteiger charge is 2.27. The number of aromatic nitrogens is 3. The predicted octanol–water partition coefficient (Wildman–Crippen LogP) is 2.62. The topological polar surface area (TPSA) is 78.0 Å². The average Bonchev–Trinajstić information content (AvgIpc) is 3.25. The fourth-order valence-corrected chi connectivity index (χ4v) is 4.00. The maximum absolute atomic E-state index is 6.20. The van der Waals surface area contributed by atoms with E-state index in [1.807, 2.05) is 6.20 Å². The Hall–Kier alpha value is -1.44. The molecule has 2 aliphatic rings. The van der Waals surface area contributed by atoms with Gasteiger partial charge in [0.25, 0.3) is 0 Å². The summed E-state index contributed by atoms with van der Waals surface area (Å²) < 4.78 is 9.17. The summed E-state index contributed by atoms with van der Waals surface area (Å²) in [6.45, 7) is 2.20. The lowest BCUT2D eigenvalue weighted by atomic mass is 10.1. The summed E-state index contributed by atoms with van der Waals surface area (Å²) in [5, 5.41) is 4.24. The zero-order chi connectivity index (χ0) is 15.8. The van der Waals surface area contributed by atoms with E-state index in [2.05, 4.69) is 47.9 Å². The van der Waals surface area contributed by atoms with Crippen molar-refractivity contribution in [2.75, 3.05) is 18.8 Å². The molecule has 122 valence electrons. The van der Waals surface area contributed by atoms with E-state index < -0.39 is 0 Å². The molecule has 0 radical (unpaired) electrons. The van der Waals surface area contributed by atoms with Gasteiger partial charge in [-0.1, -0.05) is 12.2 Å². The van der Waals surface area contributed by atoms with E-state index in [-0.39, 0.29) is 12.3 Å². The van der Waals surface area contributed by atoms with E-state index in [1.54, 1.807) is 0 Å². The Morgan fingerprint density at radius 2 is 2.22 bits per heavy atom. The number of hydrogen-bond acceptors (Lipinski definition) is 5. The Morgan fingerprint density at radius 1 is 1.30 bits per heavy atom. The SMILES string of the molecule is Nc1ncnc2c1c(Br)cn2[C@H]1CC[C@H](/C=C/C2CCNC2)O1. The Bertz CT molecular complexity index is 737. The largest absolute Gasteiger partial charge is 0.383 e. The van der Waals surface area contributed by atoms with Gasteiger partial charge in [0.15, 0.2) is 0 Å². The number of nitrogens with two attached hydrogens (primary N) is 1. The van der Waals surface area contributed by atoms with Gasteiger partial charge in [0.1, 0.15) is 24.0 Å². The Labute approximate surface area is 143 Å². The molecule has 0 amide bonds. The van der Waals surface area contributed by atoms with E-state index in [0.717, 1.165) is 41.4 Å². The van der Waals surface area contributed by atoms with Crippen LogP contribution < -0.4 is 11.1 Å². The predicted molar refractivity (Wildman–Crippen MR) is 92.9 cm³/mol. The van der Waals surface area contributed by atoms with Crippen molar-refractivity contribution in [2.45, 2.75) is 31.6 Å². The number of anilines is 1. The van der Waals surface area contributed by atoms with Crippen molar-refractivity contribution in [3.8, 4) is 0 Å². The molecule has 2 aromatic rings. The van der Waals surface area contributed by atoms with E-state index in [4.69, 9.17) is 10.5 Å². The molecule has 0 spiro atoms. The molecular weight excluding hydrogens is 358 g/mol. The molecule has 3 atom stereocenters. The van der Waals surface area contributed by atoms with Crippen LogP contribution in [0.5, 0.6) is 0 Å². The van der Waals surface area contributed by atoms with Crippen LogP contribution in [0.1, 0.15) is 25.5 Å². The molecular formula is C16H20BrN5O. The van der Waals surface area contributed by atoms with Crippen molar-refractivity contribution >= 4 is 32.8 Å². The first-order valence-electron chi connectivity index (χ1n) is 8.03. The molecule has 6 nitrogen and oxygen atoms in total. The zero-order valence-corrected chi connectivity index (χ0v) is 14.4. The first-order chi connectivity index (χ1) is 11.2. The van der Waals surface area contributed by atoms with Crippen LogP contribution in [-0.4, -0.2) is 33.7 Å². The normalized spacial score (nSPS) is 28.3. The third kappa shape index (κ3) is 2.88. The summed E-state index contributed by atoms with van der Waals surface area (Å²) in [5.74, 6) is 1.13. The van der Waals surface area contributed by atoms with Crippen molar-refractivity contribution in [2.24, 2.45) is 5.92 Å². The quantitative estimate of drug-likeness (QED) is 0.803. The molecule has 2 saturated heterocycles. The molecule has 2 aliphatic heterocycles. The molecule has 0 saturated carbocycles. The molecule has 23 heavy (non-hydrogen) atoms. The molecule has 0 aliphatic carbocycles. The number of fused-ring (bicyclic) bond motifs is 1. The van der Waals surface area contributed by atoms with Gasteiger partial charge in [-0.3, -0.25) is 0 Å². The Balaban J connectivity index is 1.52. The highest BCUT2D eigenvalue weighted by Crippen LogP contribution is 2.36. The molecule has 2 aromatic heterocycles. The van der Waals surface area contributed by atoms with Gasteiger partial charge >= 0.3 is 0 Å². The number of ether oxygens (including phenoxy) is 1. The summed E-state index contributed by atoms with van der Waals surface area (Å²) in [5.41, 5.74) is 6.78. The van der Waals surface area contributed by atoms with Gasteiger partial charge in [-0.25, -0.2) is 9.97 Å². The third-order valence-corrected chi connectivity index (χ3v) is 5.23. The van der Waals surface area contributed by atoms with E-state index in [9.17, 15) is 0 Å². The Morgan fingerprint density at radius 3 is 3.04 bits per heavy atom. The molecule has 0 bridgehead atoms. The molecule has 0 aromatic carbocycles. The smallest absolute Gasteiger partial charge is 0.148 e. The van der Waals surface area contributed by atoms with Crippen LogP contribution in [-0.2, 0) is 4.74 Å². The molecule has 3 N–H and O–H groups in total. The van der Waals surface area contributed by atoms with Crippen LogP contribution in [0.2, 0.25) is 0 Å². The van der Waals surface area contributed by atoms with Crippen molar-refractivity contribution in [3.05, 3.63) is 29.1 Å². The molecule has 7 heteroatoms. The lowest BCUT2D eigenvalue weighted by Gasteiger charge is -2.14. The molecule has 4 heterocycles. The zero-order valence-electron chi connectivity index (χ0n) is 12.8. The van der Waals surface area contributed by atoms with E-state index in [0.29, 0.717) is 11.7 Å². The fraction of sp³-hybridized carbons (Fsp3) is 0.500. The van der Waals surface area contributed by atoms with Gasteiger partial charge in [-0.2, -0.15) is 0 Å². The van der Waals surface area contributed by atoms with Gasteiger partial charge in [0, 0.05) is 17.2 Å². The molecule has 4 rings (SSSR count). The van der Waals surface area contributed by atoms with Crippen LogP contribution >= 0.6 is 15.9 Å². The second-order valence-electron chi connectivity index (χ2n) is 6.19. The van der Waals surface area contributed by atoms with Crippen LogP contribution in [0.3, 0.4) is 0 Å². The summed E-state index contributed by atoms with van der Waals surface area (Å²) in [4.78, 5) is 8.44. The van der Waals surface area contributed by atoms with Crippen LogP contribution in [0.15, 0.2) is 29.1 Å². The first kappa shape index (κ1) is 15.1. The number of nitrogen functional groups attached to an aromatic ring is 1. The van der Waals surface area contributed by atoms with Crippen LogP contribution in [0, 0.1) is 5.92 Å². The monoisotopic (exact) mass is 377 g/mol. The number of nitrogens with zero attached hydrogens (tertiary/aromatic N) is 3. The lowest BCUT2D eigenvalue weighted by Crippen LogP contribution is -2.11. The number of hydrogen-bond donors (Lipinski definition) is 2. The van der Waals surface area contributed by atoms with Gasteiger partial charge in [0.2, 0.25) is 0 Å². The second kappa shape index (κ2) is 6.22. The number of nitrogens with one attached hydrogen (secondary N) is 1. The number of halogens is 1. The van der Waals surface area contributed by atoms with Crippen molar-refractivity contribution in [1.82, 2.24) is 19.9 Å². The standard InChI is InChI=1S/C16H20BrN5O/c17-12-8-22(16-14(12)15(18)20-9-21-16)13-4-3-11(23-13)2-1-10-5-6-19-7-10/h1-2,8-11,13,19H,3-7H2,(H2,18,20,21)/b2-1+/t10?,11-,13+/m0/s1. The summed E-state index contributed by atoms with van der Waals surface area (Å²) in [7, 11) is 0. The molecule has 2 fully saturated rings. The summed E-state index contributed by atoms with van der Waals surface area (Å²) >= 11 is 3.55. The lowest BCUT2D eigenvalue weighted by molar-refractivity contribution is 0.0260.